The van der Waals surface area contributed by atoms with Gasteiger partial charge in [0, 0.05) is 24.1 Å². The standard InChI is InChI=1S/C28H38N10O3/c1-18(21-8-6-12-37(21)2)41-24-13-23(38-15-19(35-36-38)14-31-17-32-16-29)33-27(34-24)25(30)20-7-5-11-28(26(20)40)10-4-3-9-22(28)39/h13,15-18,21H,3-12,14,30H2,1-2H3,(H2,29,31,32)/t18-,21-,28+/m0/s1. The average Bonchev–Trinajstić information content (AvgIpc) is 3.63. The van der Waals surface area contributed by atoms with E-state index in [1.807, 2.05) is 6.92 Å². The molecule has 0 radical (unpaired) electrons. The number of carbonyl (C=O) groups excluding carboxylic acids is 2. The van der Waals surface area contributed by atoms with Crippen LogP contribution < -0.4 is 16.2 Å². The number of hydrogen-bond acceptors (Lipinski definition) is 10. The molecule has 0 unspecified atom stereocenters. The van der Waals surface area contributed by atoms with Crippen molar-refractivity contribution in [3.8, 4) is 11.7 Å². The van der Waals surface area contributed by atoms with E-state index in [2.05, 4.69) is 42.2 Å². The summed E-state index contributed by atoms with van der Waals surface area (Å²) in [5.41, 5.74) is 12.1. The Morgan fingerprint density at radius 3 is 2.80 bits per heavy atom. The van der Waals surface area contributed by atoms with E-state index in [0.29, 0.717) is 55.1 Å². The van der Waals surface area contributed by atoms with E-state index < -0.39 is 5.41 Å². The summed E-state index contributed by atoms with van der Waals surface area (Å²) in [5, 5.41) is 8.38. The predicted molar refractivity (Wildman–Crippen MR) is 153 cm³/mol. The molecule has 5 rings (SSSR count). The molecule has 3 fully saturated rings. The highest BCUT2D eigenvalue weighted by Crippen LogP contribution is 2.45. The molecule has 13 nitrogen and oxygen atoms in total. The van der Waals surface area contributed by atoms with Gasteiger partial charge in [0.15, 0.2) is 17.4 Å². The van der Waals surface area contributed by atoms with Gasteiger partial charge >= 0.3 is 0 Å². The number of rotatable bonds is 8. The Balaban J connectivity index is 1.51. The van der Waals surface area contributed by atoms with Crippen LogP contribution in [0.15, 0.2) is 27.8 Å². The van der Waals surface area contributed by atoms with Gasteiger partial charge in [-0.25, -0.2) is 14.7 Å². The van der Waals surface area contributed by atoms with Crippen molar-refractivity contribution < 1.29 is 14.3 Å². The van der Waals surface area contributed by atoms with Crippen molar-refractivity contribution in [2.45, 2.75) is 83.4 Å². The summed E-state index contributed by atoms with van der Waals surface area (Å²) in [4.78, 5) is 46.3. The number of hydrogen-bond donors (Lipinski definition) is 2. The monoisotopic (exact) mass is 562 g/mol. The molecule has 0 bridgehead atoms. The smallest absolute Gasteiger partial charge is 0.219 e. The summed E-state index contributed by atoms with van der Waals surface area (Å²) in [5.74, 6) is 0.724. The Labute approximate surface area is 239 Å². The first-order valence-corrected chi connectivity index (χ1v) is 14.3. The molecule has 2 aliphatic carbocycles. The zero-order chi connectivity index (χ0) is 29.0. The third-order valence-electron chi connectivity index (χ3n) is 8.47. The Kier molecular flexibility index (Phi) is 8.52. The fourth-order valence-electron chi connectivity index (χ4n) is 6.28. The predicted octanol–water partition coefficient (Wildman–Crippen LogP) is 1.99. The van der Waals surface area contributed by atoms with E-state index in [0.717, 1.165) is 38.6 Å². The molecule has 0 amide bonds. The van der Waals surface area contributed by atoms with Gasteiger partial charge in [-0.15, -0.1) is 5.10 Å². The summed E-state index contributed by atoms with van der Waals surface area (Å²) in [6.45, 7) is 3.29. The first-order chi connectivity index (χ1) is 19.8. The fraction of sp³-hybridized carbons (Fsp3) is 0.571. The highest BCUT2D eigenvalue weighted by molar-refractivity contribution is 6.17. The molecule has 218 valence electrons. The van der Waals surface area contributed by atoms with Crippen LogP contribution in [0, 0.1) is 5.41 Å². The second kappa shape index (κ2) is 12.2. The first-order valence-electron chi connectivity index (χ1n) is 14.3. The van der Waals surface area contributed by atoms with Crippen molar-refractivity contribution in [3.05, 3.63) is 29.4 Å². The maximum atomic E-state index is 13.8. The number of ether oxygens (including phenoxy) is 1. The molecule has 41 heavy (non-hydrogen) atoms. The molecule has 1 spiro atoms. The fourth-order valence-corrected chi connectivity index (χ4v) is 6.28. The van der Waals surface area contributed by atoms with Gasteiger partial charge in [0.05, 0.1) is 30.2 Å². The third kappa shape index (κ3) is 5.90. The minimum Gasteiger partial charge on any atom is -0.473 e. The molecule has 13 heteroatoms. The number of Topliss-reactive ketones (excluding diaryl/α,β-unsaturated/α-hetero) is 2. The largest absolute Gasteiger partial charge is 0.473 e. The number of carbonyl (C=O) groups is 2. The van der Waals surface area contributed by atoms with Gasteiger partial charge in [0.1, 0.15) is 23.9 Å². The van der Waals surface area contributed by atoms with Gasteiger partial charge in [-0.1, -0.05) is 11.6 Å². The molecular weight excluding hydrogens is 524 g/mol. The normalized spacial score (nSPS) is 26.0. The van der Waals surface area contributed by atoms with Crippen LogP contribution >= 0.6 is 0 Å². The van der Waals surface area contributed by atoms with Crippen LogP contribution in [0.3, 0.4) is 0 Å². The number of aliphatic imine (C=N–C) groups is 2. The van der Waals surface area contributed by atoms with Crippen LogP contribution in [-0.4, -0.2) is 79.8 Å². The zero-order valence-corrected chi connectivity index (χ0v) is 23.7. The highest BCUT2D eigenvalue weighted by Gasteiger charge is 2.49. The SMILES string of the molecule is C[C@H](Oc1cc(-n2cc(CN=CN=CN)nn2)nc(C(N)=C2CCC[C@@]3(CCCCC3=O)C2=O)n1)[C@@H]1CCCN1C. The van der Waals surface area contributed by atoms with E-state index in [9.17, 15) is 9.59 Å². The van der Waals surface area contributed by atoms with Crippen LogP contribution in [0.25, 0.3) is 11.5 Å². The van der Waals surface area contributed by atoms with E-state index in [4.69, 9.17) is 16.2 Å². The molecule has 3 atom stereocenters. The lowest BCUT2D eigenvalue weighted by Gasteiger charge is -2.38. The molecular formula is C28H38N10O3. The molecule has 2 aromatic heterocycles. The molecule has 1 saturated heterocycles. The first kappa shape index (κ1) is 28.5. The highest BCUT2D eigenvalue weighted by atomic mass is 16.5. The second-order valence-corrected chi connectivity index (χ2v) is 11.1. The Morgan fingerprint density at radius 2 is 2.05 bits per heavy atom. The maximum absolute atomic E-state index is 13.8. The van der Waals surface area contributed by atoms with Gasteiger partial charge in [0.2, 0.25) is 5.88 Å². The third-order valence-corrected chi connectivity index (χ3v) is 8.47. The van der Waals surface area contributed by atoms with Crippen molar-refractivity contribution >= 4 is 29.9 Å². The van der Waals surface area contributed by atoms with Crippen LogP contribution in [0.5, 0.6) is 5.88 Å². The van der Waals surface area contributed by atoms with Gasteiger partial charge in [-0.2, -0.15) is 4.98 Å². The summed E-state index contributed by atoms with van der Waals surface area (Å²) in [6.07, 6.45) is 10.6. The lowest BCUT2D eigenvalue weighted by molar-refractivity contribution is -0.143. The molecule has 3 aliphatic rings. The lowest BCUT2D eigenvalue weighted by atomic mass is 9.62. The number of ketones is 2. The number of likely N-dealkylation sites (N-methyl/N-ethyl adjacent to an activating group) is 1. The van der Waals surface area contributed by atoms with E-state index in [1.165, 1.54) is 11.0 Å². The maximum Gasteiger partial charge on any atom is 0.219 e. The number of aromatic nitrogens is 5. The zero-order valence-electron chi connectivity index (χ0n) is 23.7. The van der Waals surface area contributed by atoms with Crippen molar-refractivity contribution in [1.29, 1.82) is 0 Å². The second-order valence-electron chi connectivity index (χ2n) is 11.1. The Bertz CT molecular complexity index is 1380. The van der Waals surface area contributed by atoms with Crippen molar-refractivity contribution in [2.75, 3.05) is 13.6 Å². The van der Waals surface area contributed by atoms with Gasteiger partial charge in [0.25, 0.3) is 0 Å². The van der Waals surface area contributed by atoms with E-state index in [1.54, 1.807) is 12.3 Å². The molecule has 2 saturated carbocycles. The summed E-state index contributed by atoms with van der Waals surface area (Å²) in [6, 6.07) is 1.93. The Morgan fingerprint density at radius 1 is 1.22 bits per heavy atom. The molecule has 0 aromatic carbocycles. The van der Waals surface area contributed by atoms with Gasteiger partial charge in [-0.05, 0) is 65.5 Å². The Hall–Kier alpha value is -4.00. The van der Waals surface area contributed by atoms with Crippen LogP contribution in [0.4, 0.5) is 0 Å². The van der Waals surface area contributed by atoms with Gasteiger partial charge < -0.3 is 16.2 Å². The number of likely N-dealkylation sites (tertiary alicyclic amines) is 1. The number of nitrogens with two attached hydrogens (primary N) is 2. The number of nitrogens with zero attached hydrogens (tertiary/aromatic N) is 8. The van der Waals surface area contributed by atoms with Crippen molar-refractivity contribution in [1.82, 2.24) is 29.9 Å². The average molecular weight is 563 g/mol. The van der Waals surface area contributed by atoms with Crippen molar-refractivity contribution in [3.63, 3.8) is 0 Å². The summed E-state index contributed by atoms with van der Waals surface area (Å²) >= 11 is 0. The van der Waals surface area contributed by atoms with Crippen LogP contribution in [0.1, 0.15) is 76.2 Å². The van der Waals surface area contributed by atoms with E-state index in [-0.39, 0.29) is 41.8 Å². The van der Waals surface area contributed by atoms with E-state index >= 15 is 0 Å². The number of allylic oxidation sites excluding steroid dienone is 1. The van der Waals surface area contributed by atoms with Crippen molar-refractivity contribution in [2.24, 2.45) is 26.9 Å². The minimum atomic E-state index is -0.968. The molecule has 2 aromatic rings. The minimum absolute atomic E-state index is 0.0295. The molecule has 3 heterocycles. The van der Waals surface area contributed by atoms with Gasteiger partial charge in [-0.3, -0.25) is 19.5 Å². The molecule has 1 aliphatic heterocycles. The topological polar surface area (TPSA) is 180 Å². The quantitative estimate of drug-likeness (QED) is 0.209. The van der Waals surface area contributed by atoms with Crippen LogP contribution in [0.2, 0.25) is 0 Å². The summed E-state index contributed by atoms with van der Waals surface area (Å²) < 4.78 is 7.83. The lowest BCUT2D eigenvalue weighted by Crippen LogP contribution is -2.45. The molecule has 4 N–H and O–H groups in total. The summed E-state index contributed by atoms with van der Waals surface area (Å²) in [7, 11) is 2.09. The van der Waals surface area contributed by atoms with Crippen LogP contribution in [-0.2, 0) is 16.1 Å².